The summed E-state index contributed by atoms with van der Waals surface area (Å²) in [6.45, 7) is 4.31. The first-order valence-electron chi connectivity index (χ1n) is 5.79. The maximum absolute atomic E-state index is 5.54. The number of benzene rings is 1. The maximum Gasteiger partial charge on any atom is 0.120 e. The van der Waals surface area contributed by atoms with E-state index in [9.17, 15) is 0 Å². The van der Waals surface area contributed by atoms with E-state index in [4.69, 9.17) is 9.47 Å². The van der Waals surface area contributed by atoms with E-state index in [1.165, 1.54) is 12.8 Å². The van der Waals surface area contributed by atoms with E-state index >= 15 is 0 Å². The van der Waals surface area contributed by atoms with E-state index < -0.39 is 0 Å². The molecular formula is C13H19BrO2. The Morgan fingerprint density at radius 2 is 2.00 bits per heavy atom. The van der Waals surface area contributed by atoms with Gasteiger partial charge in [-0.15, -0.1) is 0 Å². The molecule has 0 aliphatic rings. The maximum atomic E-state index is 5.54. The minimum atomic E-state index is 0.614. The Kier molecular flexibility index (Phi) is 7.26. The van der Waals surface area contributed by atoms with Gasteiger partial charge in [-0.25, -0.2) is 0 Å². The number of ether oxygens (including phenoxy) is 2. The van der Waals surface area contributed by atoms with Crippen molar-refractivity contribution < 1.29 is 9.47 Å². The summed E-state index contributed by atoms with van der Waals surface area (Å²) in [4.78, 5) is 0. The first-order chi connectivity index (χ1) is 7.83. The number of halogens is 1. The predicted molar refractivity (Wildman–Crippen MR) is 70.0 cm³/mol. The molecule has 0 unspecified atom stereocenters. The van der Waals surface area contributed by atoms with Gasteiger partial charge in [-0.05, 0) is 24.6 Å². The van der Waals surface area contributed by atoms with E-state index in [1.807, 2.05) is 24.3 Å². The zero-order valence-corrected chi connectivity index (χ0v) is 11.3. The monoisotopic (exact) mass is 286 g/mol. The summed E-state index contributed by atoms with van der Waals surface area (Å²) in [5.41, 5.74) is 0. The van der Waals surface area contributed by atoms with Crippen molar-refractivity contribution in [3.63, 3.8) is 0 Å². The van der Waals surface area contributed by atoms with E-state index in [2.05, 4.69) is 22.9 Å². The van der Waals surface area contributed by atoms with Gasteiger partial charge in [0.1, 0.15) is 12.4 Å². The highest BCUT2D eigenvalue weighted by atomic mass is 79.9. The van der Waals surface area contributed by atoms with Crippen LogP contribution in [0.2, 0.25) is 0 Å². The predicted octanol–water partition coefficient (Wildman–Crippen LogP) is 4.03. The molecule has 16 heavy (non-hydrogen) atoms. The molecular weight excluding hydrogens is 268 g/mol. The van der Waals surface area contributed by atoms with Crippen molar-refractivity contribution in [2.75, 3.05) is 19.8 Å². The lowest BCUT2D eigenvalue weighted by molar-refractivity contribution is 0.0973. The van der Waals surface area contributed by atoms with Gasteiger partial charge >= 0.3 is 0 Å². The van der Waals surface area contributed by atoms with Crippen LogP contribution in [-0.4, -0.2) is 19.8 Å². The van der Waals surface area contributed by atoms with Gasteiger partial charge in [0, 0.05) is 11.1 Å². The van der Waals surface area contributed by atoms with E-state index in [-0.39, 0.29) is 0 Å². The fourth-order valence-electron chi connectivity index (χ4n) is 1.33. The Hall–Kier alpha value is -0.540. The van der Waals surface area contributed by atoms with E-state index in [0.717, 1.165) is 23.2 Å². The third kappa shape index (κ3) is 6.13. The highest BCUT2D eigenvalue weighted by molar-refractivity contribution is 9.10. The second-order valence-corrected chi connectivity index (χ2v) is 4.54. The number of hydrogen-bond acceptors (Lipinski definition) is 2. The summed E-state index contributed by atoms with van der Waals surface area (Å²) in [5, 5.41) is 0. The van der Waals surface area contributed by atoms with Crippen molar-refractivity contribution in [2.45, 2.75) is 26.2 Å². The highest BCUT2D eigenvalue weighted by Gasteiger charge is 1.94. The smallest absolute Gasteiger partial charge is 0.120 e. The molecule has 2 nitrogen and oxygen atoms in total. The highest BCUT2D eigenvalue weighted by Crippen LogP contribution is 2.17. The Bertz CT molecular complexity index is 289. The van der Waals surface area contributed by atoms with Gasteiger partial charge in [0.2, 0.25) is 0 Å². The second kappa shape index (κ2) is 8.59. The zero-order chi connectivity index (χ0) is 11.6. The lowest BCUT2D eigenvalue weighted by Gasteiger charge is -2.07. The topological polar surface area (TPSA) is 18.5 Å². The van der Waals surface area contributed by atoms with Crippen molar-refractivity contribution in [1.29, 1.82) is 0 Å². The van der Waals surface area contributed by atoms with Crippen LogP contribution in [0.1, 0.15) is 26.2 Å². The van der Waals surface area contributed by atoms with Crippen LogP contribution in [0.5, 0.6) is 5.75 Å². The van der Waals surface area contributed by atoms with Gasteiger partial charge in [-0.2, -0.15) is 0 Å². The molecule has 3 heteroatoms. The third-order valence-corrected chi connectivity index (χ3v) is 2.68. The third-order valence-electron chi connectivity index (χ3n) is 2.18. The lowest BCUT2D eigenvalue weighted by Crippen LogP contribution is -2.07. The van der Waals surface area contributed by atoms with Crippen LogP contribution < -0.4 is 4.74 Å². The Morgan fingerprint density at radius 1 is 1.12 bits per heavy atom. The molecule has 1 aromatic carbocycles. The average molecular weight is 287 g/mol. The number of hydrogen-bond donors (Lipinski definition) is 0. The molecule has 0 heterocycles. The molecule has 0 amide bonds. The molecule has 0 fully saturated rings. The summed E-state index contributed by atoms with van der Waals surface area (Å²) in [6.07, 6.45) is 3.62. The fourth-order valence-corrected chi connectivity index (χ4v) is 1.71. The van der Waals surface area contributed by atoms with Crippen molar-refractivity contribution in [2.24, 2.45) is 0 Å². The molecule has 0 aliphatic carbocycles. The van der Waals surface area contributed by atoms with Crippen LogP contribution in [0.3, 0.4) is 0 Å². The number of unbranched alkanes of at least 4 members (excludes halogenated alkanes) is 2. The summed E-state index contributed by atoms with van der Waals surface area (Å²) in [6, 6.07) is 7.84. The molecule has 1 aromatic rings. The van der Waals surface area contributed by atoms with Crippen LogP contribution in [0, 0.1) is 0 Å². The SMILES string of the molecule is CCCCCOCCOc1cccc(Br)c1. The minimum absolute atomic E-state index is 0.614. The molecule has 0 N–H and O–H groups in total. The van der Waals surface area contributed by atoms with Gasteiger partial charge in [-0.3, -0.25) is 0 Å². The molecule has 0 spiro atoms. The molecule has 0 radical (unpaired) electrons. The lowest BCUT2D eigenvalue weighted by atomic mass is 10.3. The van der Waals surface area contributed by atoms with Gasteiger partial charge in [0.25, 0.3) is 0 Å². The molecule has 0 saturated heterocycles. The minimum Gasteiger partial charge on any atom is -0.491 e. The van der Waals surface area contributed by atoms with Crippen LogP contribution in [0.15, 0.2) is 28.7 Å². The molecule has 0 bridgehead atoms. The van der Waals surface area contributed by atoms with Gasteiger partial charge in [-0.1, -0.05) is 41.8 Å². The summed E-state index contributed by atoms with van der Waals surface area (Å²) in [7, 11) is 0. The molecule has 90 valence electrons. The van der Waals surface area contributed by atoms with E-state index in [0.29, 0.717) is 13.2 Å². The summed E-state index contributed by atoms with van der Waals surface area (Å²) >= 11 is 3.40. The zero-order valence-electron chi connectivity index (χ0n) is 9.75. The summed E-state index contributed by atoms with van der Waals surface area (Å²) < 4.78 is 12.0. The largest absolute Gasteiger partial charge is 0.491 e. The van der Waals surface area contributed by atoms with Crippen molar-refractivity contribution >= 4 is 15.9 Å². The van der Waals surface area contributed by atoms with Crippen LogP contribution in [-0.2, 0) is 4.74 Å². The first kappa shape index (κ1) is 13.5. The van der Waals surface area contributed by atoms with Crippen LogP contribution >= 0.6 is 15.9 Å². The van der Waals surface area contributed by atoms with Gasteiger partial charge < -0.3 is 9.47 Å². The molecule has 0 aromatic heterocycles. The molecule has 0 saturated carbocycles. The van der Waals surface area contributed by atoms with Crippen molar-refractivity contribution in [1.82, 2.24) is 0 Å². The fraction of sp³-hybridized carbons (Fsp3) is 0.538. The molecule has 0 atom stereocenters. The average Bonchev–Trinajstić information content (AvgIpc) is 2.28. The quantitative estimate of drug-likeness (QED) is 0.672. The Labute approximate surface area is 106 Å². The van der Waals surface area contributed by atoms with Crippen LogP contribution in [0.4, 0.5) is 0 Å². The van der Waals surface area contributed by atoms with Crippen molar-refractivity contribution in [3.05, 3.63) is 28.7 Å². The number of rotatable bonds is 8. The standard InChI is InChI=1S/C13H19BrO2/c1-2-3-4-8-15-9-10-16-13-7-5-6-12(14)11-13/h5-7,11H,2-4,8-10H2,1H3. The van der Waals surface area contributed by atoms with Crippen LogP contribution in [0.25, 0.3) is 0 Å². The van der Waals surface area contributed by atoms with Gasteiger partial charge in [0.15, 0.2) is 0 Å². The molecule has 0 aliphatic heterocycles. The Balaban J connectivity index is 2.03. The van der Waals surface area contributed by atoms with Crippen molar-refractivity contribution in [3.8, 4) is 5.75 Å². The first-order valence-corrected chi connectivity index (χ1v) is 6.58. The normalized spacial score (nSPS) is 10.4. The Morgan fingerprint density at radius 3 is 2.75 bits per heavy atom. The second-order valence-electron chi connectivity index (χ2n) is 3.63. The van der Waals surface area contributed by atoms with Gasteiger partial charge in [0.05, 0.1) is 6.61 Å². The summed E-state index contributed by atoms with van der Waals surface area (Å²) in [5.74, 6) is 0.881. The van der Waals surface area contributed by atoms with E-state index in [1.54, 1.807) is 0 Å². The molecule has 1 rings (SSSR count).